The zero-order valence-electron chi connectivity index (χ0n) is 13.0. The summed E-state index contributed by atoms with van der Waals surface area (Å²) in [4.78, 5) is 13.2. The smallest absolute Gasteiger partial charge is 0.268 e. The third kappa shape index (κ3) is 3.65. The van der Waals surface area contributed by atoms with Crippen molar-refractivity contribution in [2.24, 2.45) is 0 Å². The first-order valence-corrected chi connectivity index (χ1v) is 9.15. The molecule has 0 saturated carbocycles. The van der Waals surface area contributed by atoms with E-state index in [1.807, 2.05) is 30.5 Å². The molecule has 3 rings (SSSR count). The van der Waals surface area contributed by atoms with Gasteiger partial charge in [-0.25, -0.2) is 0 Å². The first-order valence-electron chi connectivity index (χ1n) is 7.45. The van der Waals surface area contributed by atoms with E-state index in [1.165, 1.54) is 28.2 Å². The zero-order chi connectivity index (χ0) is 16.2. The molecular formula is C17H17N3OS2. The normalized spacial score (nSPS) is 10.7. The van der Waals surface area contributed by atoms with Crippen molar-refractivity contribution in [2.75, 3.05) is 5.32 Å². The van der Waals surface area contributed by atoms with Crippen LogP contribution in [0.5, 0.6) is 0 Å². The number of thiophene rings is 1. The maximum atomic E-state index is 12.5. The third-order valence-electron chi connectivity index (χ3n) is 3.39. The number of carbonyl (C=O) groups is 1. The Morgan fingerprint density at radius 1 is 1.17 bits per heavy atom. The molecular weight excluding hydrogens is 326 g/mol. The number of nitrogens with one attached hydrogen (secondary N) is 1. The van der Waals surface area contributed by atoms with E-state index < -0.39 is 0 Å². The molecule has 0 unspecified atom stereocenters. The lowest BCUT2D eigenvalue weighted by Crippen LogP contribution is -2.11. The summed E-state index contributed by atoms with van der Waals surface area (Å²) < 4.78 is 0. The van der Waals surface area contributed by atoms with Crippen LogP contribution in [-0.4, -0.2) is 16.1 Å². The van der Waals surface area contributed by atoms with E-state index in [2.05, 4.69) is 34.6 Å². The summed E-state index contributed by atoms with van der Waals surface area (Å²) in [7, 11) is 0. The second-order valence-electron chi connectivity index (χ2n) is 5.23. The lowest BCUT2D eigenvalue weighted by Gasteiger charge is -2.04. The predicted octanol–water partition coefficient (Wildman–Crippen LogP) is 4.78. The summed E-state index contributed by atoms with van der Waals surface area (Å²) in [6.45, 7) is 4.15. The van der Waals surface area contributed by atoms with E-state index in [1.54, 1.807) is 0 Å². The van der Waals surface area contributed by atoms with Gasteiger partial charge in [0.15, 0.2) is 0 Å². The SMILES string of the molecule is CCCc1nnc(NC(=O)c2sccc2-c2ccc(C)cc2)s1. The largest absolute Gasteiger partial charge is 0.296 e. The standard InChI is InChI=1S/C17H17N3OS2/c1-3-4-14-19-20-17(23-14)18-16(21)15-13(9-10-22-15)12-7-5-11(2)6-8-12/h5-10H,3-4H2,1-2H3,(H,18,20,21). The van der Waals surface area contributed by atoms with Gasteiger partial charge in [-0.05, 0) is 30.4 Å². The number of nitrogens with zero attached hydrogens (tertiary/aromatic N) is 2. The minimum absolute atomic E-state index is 0.130. The summed E-state index contributed by atoms with van der Waals surface area (Å²) in [6, 6.07) is 10.2. The number of aromatic nitrogens is 2. The fraction of sp³-hybridized carbons (Fsp3) is 0.235. The van der Waals surface area contributed by atoms with Crippen LogP contribution in [0.15, 0.2) is 35.7 Å². The van der Waals surface area contributed by atoms with Gasteiger partial charge >= 0.3 is 0 Å². The van der Waals surface area contributed by atoms with E-state index in [0.29, 0.717) is 10.0 Å². The number of hydrogen-bond donors (Lipinski definition) is 1. The van der Waals surface area contributed by atoms with Crippen LogP contribution < -0.4 is 5.32 Å². The van der Waals surface area contributed by atoms with Crippen molar-refractivity contribution in [2.45, 2.75) is 26.7 Å². The summed E-state index contributed by atoms with van der Waals surface area (Å²) in [5, 5.41) is 14.4. The summed E-state index contributed by atoms with van der Waals surface area (Å²) in [6.07, 6.45) is 1.91. The number of carbonyl (C=O) groups excluding carboxylic acids is 1. The van der Waals surface area contributed by atoms with Crippen LogP contribution in [0.1, 0.15) is 33.6 Å². The van der Waals surface area contributed by atoms with Crippen molar-refractivity contribution >= 4 is 33.7 Å². The Kier molecular flexibility index (Phi) is 4.83. The summed E-state index contributed by atoms with van der Waals surface area (Å²) in [5.74, 6) is -0.130. The highest BCUT2D eigenvalue weighted by atomic mass is 32.1. The molecule has 118 valence electrons. The number of anilines is 1. The van der Waals surface area contributed by atoms with E-state index >= 15 is 0 Å². The number of hydrogen-bond acceptors (Lipinski definition) is 5. The van der Waals surface area contributed by atoms with E-state index in [-0.39, 0.29) is 5.91 Å². The minimum atomic E-state index is -0.130. The third-order valence-corrected chi connectivity index (χ3v) is 5.20. The Labute approximate surface area is 143 Å². The second-order valence-corrected chi connectivity index (χ2v) is 7.21. The first-order chi connectivity index (χ1) is 11.2. The van der Waals surface area contributed by atoms with Crippen molar-refractivity contribution in [3.63, 3.8) is 0 Å². The van der Waals surface area contributed by atoms with Gasteiger partial charge in [0.25, 0.3) is 5.91 Å². The van der Waals surface area contributed by atoms with Gasteiger partial charge in [0, 0.05) is 12.0 Å². The molecule has 2 aromatic heterocycles. The number of aryl methyl sites for hydroxylation is 2. The predicted molar refractivity (Wildman–Crippen MR) is 96.3 cm³/mol. The monoisotopic (exact) mass is 343 g/mol. The van der Waals surface area contributed by atoms with Gasteiger partial charge in [0.1, 0.15) is 9.88 Å². The summed E-state index contributed by atoms with van der Waals surface area (Å²) >= 11 is 2.87. The lowest BCUT2D eigenvalue weighted by atomic mass is 10.0. The van der Waals surface area contributed by atoms with Crippen molar-refractivity contribution in [1.29, 1.82) is 0 Å². The fourth-order valence-electron chi connectivity index (χ4n) is 2.22. The highest BCUT2D eigenvalue weighted by molar-refractivity contribution is 7.15. The van der Waals surface area contributed by atoms with Gasteiger partial charge in [-0.2, -0.15) is 0 Å². The molecule has 6 heteroatoms. The van der Waals surface area contributed by atoms with Crippen LogP contribution in [-0.2, 0) is 6.42 Å². The molecule has 0 saturated heterocycles. The van der Waals surface area contributed by atoms with Gasteiger partial charge in [-0.15, -0.1) is 21.5 Å². The van der Waals surface area contributed by atoms with Crippen LogP contribution in [0.4, 0.5) is 5.13 Å². The van der Waals surface area contributed by atoms with Crippen LogP contribution in [0, 0.1) is 6.92 Å². The maximum absolute atomic E-state index is 12.5. The average molecular weight is 343 g/mol. The van der Waals surface area contributed by atoms with Gasteiger partial charge < -0.3 is 0 Å². The molecule has 0 aliphatic carbocycles. The van der Waals surface area contributed by atoms with E-state index in [4.69, 9.17) is 0 Å². The minimum Gasteiger partial charge on any atom is -0.296 e. The second kappa shape index (κ2) is 7.02. The maximum Gasteiger partial charge on any atom is 0.268 e. The Morgan fingerprint density at radius 3 is 2.70 bits per heavy atom. The molecule has 1 N–H and O–H groups in total. The van der Waals surface area contributed by atoms with Gasteiger partial charge in [-0.1, -0.05) is 48.1 Å². The van der Waals surface area contributed by atoms with Gasteiger partial charge in [0.05, 0.1) is 0 Å². The molecule has 4 nitrogen and oxygen atoms in total. The van der Waals surface area contributed by atoms with Crippen LogP contribution in [0.2, 0.25) is 0 Å². The molecule has 2 heterocycles. The first kappa shape index (κ1) is 15.8. The number of rotatable bonds is 5. The quantitative estimate of drug-likeness (QED) is 0.725. The van der Waals surface area contributed by atoms with Crippen LogP contribution in [0.3, 0.4) is 0 Å². The van der Waals surface area contributed by atoms with E-state index in [0.717, 1.165) is 29.0 Å². The number of amides is 1. The molecule has 0 atom stereocenters. The molecule has 0 aliphatic heterocycles. The van der Waals surface area contributed by atoms with Crippen molar-refractivity contribution in [1.82, 2.24) is 10.2 Å². The van der Waals surface area contributed by atoms with Crippen LogP contribution in [0.25, 0.3) is 11.1 Å². The van der Waals surface area contributed by atoms with E-state index in [9.17, 15) is 4.79 Å². The van der Waals surface area contributed by atoms with Crippen molar-refractivity contribution in [3.05, 3.63) is 51.2 Å². The molecule has 0 fully saturated rings. The molecule has 0 bridgehead atoms. The highest BCUT2D eigenvalue weighted by Gasteiger charge is 2.16. The van der Waals surface area contributed by atoms with Gasteiger partial charge in [0.2, 0.25) is 5.13 Å². The Balaban J connectivity index is 1.80. The molecule has 1 amide bonds. The fourth-order valence-corrected chi connectivity index (χ4v) is 3.87. The highest BCUT2D eigenvalue weighted by Crippen LogP contribution is 2.29. The Morgan fingerprint density at radius 2 is 1.96 bits per heavy atom. The molecule has 0 radical (unpaired) electrons. The van der Waals surface area contributed by atoms with Gasteiger partial charge in [-0.3, -0.25) is 10.1 Å². The average Bonchev–Trinajstić information content (AvgIpc) is 3.18. The Hall–Kier alpha value is -2.05. The summed E-state index contributed by atoms with van der Waals surface area (Å²) in [5.41, 5.74) is 3.20. The molecule has 0 spiro atoms. The molecule has 0 aliphatic rings. The van der Waals surface area contributed by atoms with Crippen LogP contribution >= 0.6 is 22.7 Å². The molecule has 1 aromatic carbocycles. The van der Waals surface area contributed by atoms with Crippen molar-refractivity contribution < 1.29 is 4.79 Å². The molecule has 23 heavy (non-hydrogen) atoms. The molecule has 3 aromatic rings. The lowest BCUT2D eigenvalue weighted by molar-refractivity contribution is 0.103. The zero-order valence-corrected chi connectivity index (χ0v) is 14.6. The van der Waals surface area contributed by atoms with Crippen molar-refractivity contribution in [3.8, 4) is 11.1 Å². The topological polar surface area (TPSA) is 54.9 Å². The number of benzene rings is 1. The Bertz CT molecular complexity index is 805.